The van der Waals surface area contributed by atoms with E-state index in [0.29, 0.717) is 5.92 Å². The molecule has 0 aliphatic carbocycles. The number of halogens is 1. The van der Waals surface area contributed by atoms with Gasteiger partial charge in [0, 0.05) is 26.6 Å². The summed E-state index contributed by atoms with van der Waals surface area (Å²) in [6.07, 6.45) is 0. The molecule has 2 rings (SSSR count). The van der Waals surface area contributed by atoms with Gasteiger partial charge in [0.2, 0.25) is 0 Å². The molecule has 0 amide bonds. The molecule has 0 heterocycles. The monoisotopic (exact) mass is 395 g/mol. The zero-order valence-electron chi connectivity index (χ0n) is 12.4. The van der Waals surface area contributed by atoms with E-state index in [2.05, 4.69) is 64.2 Å². The van der Waals surface area contributed by atoms with Crippen LogP contribution in [-0.4, -0.2) is 26.6 Å². The summed E-state index contributed by atoms with van der Waals surface area (Å²) in [5.74, 6) is 1.12. The highest BCUT2D eigenvalue weighted by molar-refractivity contribution is 14.0. The van der Waals surface area contributed by atoms with Gasteiger partial charge in [-0.2, -0.15) is 0 Å². The lowest BCUT2D eigenvalue weighted by Gasteiger charge is -2.20. The first-order valence-electron chi connectivity index (χ1n) is 6.83. The normalized spacial score (nSPS) is 10.9. The molecule has 2 aromatic carbocycles. The Bertz CT molecular complexity index is 501. The summed E-state index contributed by atoms with van der Waals surface area (Å²) < 4.78 is 0. The fraction of sp³-hybridized carbons (Fsp3) is 0.235. The molecule has 2 N–H and O–H groups in total. The number of rotatable bonds is 4. The minimum atomic E-state index is 0. The number of nitrogens with zero attached hydrogens (tertiary/aromatic N) is 1. The van der Waals surface area contributed by atoms with Gasteiger partial charge >= 0.3 is 0 Å². The highest BCUT2D eigenvalue weighted by Crippen LogP contribution is 2.23. The Morgan fingerprint density at radius 1 is 0.952 bits per heavy atom. The third kappa shape index (κ3) is 5.04. The van der Waals surface area contributed by atoms with Crippen molar-refractivity contribution in [3.63, 3.8) is 0 Å². The van der Waals surface area contributed by atoms with E-state index >= 15 is 0 Å². The molecule has 0 unspecified atom stereocenters. The Morgan fingerprint density at radius 3 is 1.81 bits per heavy atom. The van der Waals surface area contributed by atoms with Gasteiger partial charge in [-0.25, -0.2) is 0 Å². The highest BCUT2D eigenvalue weighted by atomic mass is 127. The van der Waals surface area contributed by atoms with E-state index in [1.165, 1.54) is 11.1 Å². The van der Waals surface area contributed by atoms with Crippen LogP contribution in [0.15, 0.2) is 65.7 Å². The van der Waals surface area contributed by atoms with E-state index < -0.39 is 0 Å². The fourth-order valence-electron chi connectivity index (χ4n) is 2.28. The lowest BCUT2D eigenvalue weighted by molar-refractivity contribution is 0.742. The van der Waals surface area contributed by atoms with Crippen LogP contribution < -0.4 is 10.6 Å². The fourth-order valence-corrected chi connectivity index (χ4v) is 2.28. The van der Waals surface area contributed by atoms with E-state index in [9.17, 15) is 0 Å². The maximum atomic E-state index is 4.16. The van der Waals surface area contributed by atoms with Crippen LogP contribution in [0.2, 0.25) is 0 Å². The predicted molar refractivity (Wildman–Crippen MR) is 101 cm³/mol. The van der Waals surface area contributed by atoms with Gasteiger partial charge in [0.15, 0.2) is 5.96 Å². The predicted octanol–water partition coefficient (Wildman–Crippen LogP) is 3.23. The second-order valence-corrected chi connectivity index (χ2v) is 4.58. The quantitative estimate of drug-likeness (QED) is 0.474. The van der Waals surface area contributed by atoms with E-state index in [1.807, 2.05) is 19.2 Å². The Labute approximate surface area is 143 Å². The maximum absolute atomic E-state index is 4.16. The zero-order chi connectivity index (χ0) is 14.2. The molecule has 0 saturated heterocycles. The van der Waals surface area contributed by atoms with Crippen molar-refractivity contribution in [1.82, 2.24) is 10.6 Å². The number of hydrogen-bond donors (Lipinski definition) is 2. The van der Waals surface area contributed by atoms with Crippen molar-refractivity contribution in [3.8, 4) is 0 Å². The second-order valence-electron chi connectivity index (χ2n) is 4.58. The first-order valence-corrected chi connectivity index (χ1v) is 6.83. The third-order valence-corrected chi connectivity index (χ3v) is 3.34. The minimum Gasteiger partial charge on any atom is -0.359 e. The van der Waals surface area contributed by atoms with Gasteiger partial charge in [-0.15, -0.1) is 24.0 Å². The number of guanidine groups is 1. The van der Waals surface area contributed by atoms with E-state index in [1.54, 1.807) is 7.05 Å². The van der Waals surface area contributed by atoms with Crippen molar-refractivity contribution in [3.05, 3.63) is 71.8 Å². The topological polar surface area (TPSA) is 36.4 Å². The molecule has 0 bridgehead atoms. The Hall–Kier alpha value is -1.56. The first kappa shape index (κ1) is 17.5. The lowest BCUT2D eigenvalue weighted by Crippen LogP contribution is -2.37. The zero-order valence-corrected chi connectivity index (χ0v) is 14.7. The van der Waals surface area contributed by atoms with Crippen LogP contribution in [0.1, 0.15) is 17.0 Å². The van der Waals surface area contributed by atoms with Crippen LogP contribution in [0.25, 0.3) is 0 Å². The molecule has 0 saturated carbocycles. The average molecular weight is 395 g/mol. The smallest absolute Gasteiger partial charge is 0.190 e. The Balaban J connectivity index is 0.00000220. The van der Waals surface area contributed by atoms with Gasteiger partial charge in [0.25, 0.3) is 0 Å². The molecule has 0 fully saturated rings. The largest absolute Gasteiger partial charge is 0.359 e. The molecule has 112 valence electrons. The van der Waals surface area contributed by atoms with E-state index in [0.717, 1.165) is 12.5 Å². The summed E-state index contributed by atoms with van der Waals surface area (Å²) in [6, 6.07) is 21.1. The summed E-state index contributed by atoms with van der Waals surface area (Å²) in [4.78, 5) is 4.16. The van der Waals surface area contributed by atoms with Crippen molar-refractivity contribution in [2.75, 3.05) is 20.6 Å². The van der Waals surface area contributed by atoms with E-state index in [4.69, 9.17) is 0 Å². The van der Waals surface area contributed by atoms with Crippen molar-refractivity contribution in [1.29, 1.82) is 0 Å². The van der Waals surface area contributed by atoms with Crippen molar-refractivity contribution in [2.24, 2.45) is 4.99 Å². The molecule has 0 spiro atoms. The molecule has 0 atom stereocenters. The standard InChI is InChI=1S/C17H21N3.HI/c1-18-17(19-2)20-13-16(14-9-5-3-6-10-14)15-11-7-4-8-12-15;/h3-12,16H,13H2,1-2H3,(H2,18,19,20);1H. The SMILES string of the molecule is CN=C(NC)NCC(c1ccccc1)c1ccccc1.I. The van der Waals surface area contributed by atoms with Crippen LogP contribution >= 0.6 is 24.0 Å². The highest BCUT2D eigenvalue weighted by Gasteiger charge is 2.13. The summed E-state index contributed by atoms with van der Waals surface area (Å²) in [6.45, 7) is 0.807. The van der Waals surface area contributed by atoms with Gasteiger partial charge in [0.1, 0.15) is 0 Å². The van der Waals surface area contributed by atoms with Gasteiger partial charge < -0.3 is 10.6 Å². The van der Waals surface area contributed by atoms with Gasteiger partial charge in [-0.3, -0.25) is 4.99 Å². The summed E-state index contributed by atoms with van der Waals surface area (Å²) in [7, 11) is 3.65. The molecule has 2 aromatic rings. The van der Waals surface area contributed by atoms with Crippen LogP contribution in [-0.2, 0) is 0 Å². The number of nitrogens with one attached hydrogen (secondary N) is 2. The number of aliphatic imine (C=N–C) groups is 1. The molecule has 0 aromatic heterocycles. The third-order valence-electron chi connectivity index (χ3n) is 3.34. The molecule has 0 aliphatic heterocycles. The molecule has 4 heteroatoms. The molecule has 21 heavy (non-hydrogen) atoms. The van der Waals surface area contributed by atoms with Crippen molar-refractivity contribution < 1.29 is 0 Å². The van der Waals surface area contributed by atoms with Crippen LogP contribution in [0.3, 0.4) is 0 Å². The van der Waals surface area contributed by atoms with Gasteiger partial charge in [0.05, 0.1) is 0 Å². The number of benzene rings is 2. The summed E-state index contributed by atoms with van der Waals surface area (Å²) >= 11 is 0. The van der Waals surface area contributed by atoms with Crippen molar-refractivity contribution in [2.45, 2.75) is 5.92 Å². The van der Waals surface area contributed by atoms with E-state index in [-0.39, 0.29) is 24.0 Å². The Morgan fingerprint density at radius 2 is 1.43 bits per heavy atom. The maximum Gasteiger partial charge on any atom is 0.190 e. The lowest BCUT2D eigenvalue weighted by atomic mass is 9.91. The van der Waals surface area contributed by atoms with Gasteiger partial charge in [-0.05, 0) is 11.1 Å². The molecular weight excluding hydrogens is 373 g/mol. The van der Waals surface area contributed by atoms with Crippen LogP contribution in [0, 0.1) is 0 Å². The number of hydrogen-bond acceptors (Lipinski definition) is 1. The summed E-state index contributed by atoms with van der Waals surface area (Å²) in [5, 5.41) is 6.40. The molecular formula is C17H22IN3. The molecule has 0 aliphatic rings. The summed E-state index contributed by atoms with van der Waals surface area (Å²) in [5.41, 5.74) is 2.61. The van der Waals surface area contributed by atoms with Crippen molar-refractivity contribution >= 4 is 29.9 Å². The molecule has 3 nitrogen and oxygen atoms in total. The first-order chi connectivity index (χ1) is 9.85. The molecule has 0 radical (unpaired) electrons. The average Bonchev–Trinajstić information content (AvgIpc) is 2.53. The second kappa shape index (κ2) is 9.39. The van der Waals surface area contributed by atoms with Crippen LogP contribution in [0.4, 0.5) is 0 Å². The van der Waals surface area contributed by atoms with Crippen LogP contribution in [0.5, 0.6) is 0 Å². The van der Waals surface area contributed by atoms with Gasteiger partial charge in [-0.1, -0.05) is 60.7 Å². The minimum absolute atomic E-state index is 0. The Kier molecular flexibility index (Phi) is 7.82.